The van der Waals surface area contributed by atoms with Crippen molar-refractivity contribution in [1.82, 2.24) is 0 Å². The predicted molar refractivity (Wildman–Crippen MR) is 62.9 cm³/mol. The van der Waals surface area contributed by atoms with Crippen LogP contribution in [0.1, 0.15) is 5.56 Å². The number of alkyl halides is 1. The van der Waals surface area contributed by atoms with Crippen LogP contribution in [-0.4, -0.2) is 26.3 Å². The molecule has 0 bridgehead atoms. The van der Waals surface area contributed by atoms with Crippen molar-refractivity contribution in [2.45, 2.75) is 5.41 Å². The molecule has 0 amide bonds. The zero-order valence-electron chi connectivity index (χ0n) is 8.87. The van der Waals surface area contributed by atoms with Crippen molar-refractivity contribution in [3.8, 4) is 0 Å². The van der Waals surface area contributed by atoms with Crippen molar-refractivity contribution in [1.29, 1.82) is 0 Å². The van der Waals surface area contributed by atoms with Crippen LogP contribution < -0.4 is 5.73 Å². The Labute approximate surface area is 102 Å². The van der Waals surface area contributed by atoms with Crippen LogP contribution >= 0.6 is 15.9 Å². The molecule has 0 aliphatic heterocycles. The van der Waals surface area contributed by atoms with E-state index in [1.54, 1.807) is 24.3 Å². The monoisotopic (exact) mass is 289 g/mol. The maximum absolute atomic E-state index is 13.1. The molecule has 16 heavy (non-hydrogen) atoms. The van der Waals surface area contributed by atoms with E-state index in [1.807, 2.05) is 0 Å². The number of esters is 1. The van der Waals surface area contributed by atoms with E-state index >= 15 is 0 Å². The second-order valence-electron chi connectivity index (χ2n) is 3.42. The summed E-state index contributed by atoms with van der Waals surface area (Å²) in [7, 11) is 1.22. The van der Waals surface area contributed by atoms with Crippen LogP contribution in [0.4, 0.5) is 4.39 Å². The van der Waals surface area contributed by atoms with Crippen molar-refractivity contribution in [3.05, 3.63) is 34.3 Å². The lowest BCUT2D eigenvalue weighted by atomic mass is 9.82. The van der Waals surface area contributed by atoms with E-state index in [0.717, 1.165) is 4.47 Å². The minimum Gasteiger partial charge on any atom is -0.468 e. The quantitative estimate of drug-likeness (QED) is 0.860. The van der Waals surface area contributed by atoms with Crippen molar-refractivity contribution < 1.29 is 13.9 Å². The normalized spacial score (nSPS) is 14.2. The van der Waals surface area contributed by atoms with Gasteiger partial charge in [-0.25, -0.2) is 4.39 Å². The first-order valence-corrected chi connectivity index (χ1v) is 5.50. The minimum atomic E-state index is -1.39. The van der Waals surface area contributed by atoms with E-state index in [2.05, 4.69) is 20.7 Å². The summed E-state index contributed by atoms with van der Waals surface area (Å²) in [5, 5.41) is 0. The smallest absolute Gasteiger partial charge is 0.320 e. The van der Waals surface area contributed by atoms with Gasteiger partial charge in [-0.1, -0.05) is 28.1 Å². The largest absolute Gasteiger partial charge is 0.468 e. The Balaban J connectivity index is 3.20. The molecule has 1 aromatic carbocycles. The number of carbonyl (C=O) groups excluding carboxylic acids is 1. The van der Waals surface area contributed by atoms with Gasteiger partial charge in [-0.3, -0.25) is 4.79 Å². The molecule has 0 heterocycles. The first-order chi connectivity index (χ1) is 7.60. The molecule has 88 valence electrons. The van der Waals surface area contributed by atoms with E-state index in [9.17, 15) is 9.18 Å². The summed E-state index contributed by atoms with van der Waals surface area (Å²) in [5.41, 5.74) is 4.64. The number of hydrogen-bond acceptors (Lipinski definition) is 3. The molecule has 1 rings (SSSR count). The second-order valence-corrected chi connectivity index (χ2v) is 4.33. The van der Waals surface area contributed by atoms with Crippen LogP contribution in [0.25, 0.3) is 0 Å². The first-order valence-electron chi connectivity index (χ1n) is 4.71. The molecule has 3 nitrogen and oxygen atoms in total. The highest BCUT2D eigenvalue weighted by Crippen LogP contribution is 2.27. The van der Waals surface area contributed by atoms with Crippen molar-refractivity contribution in [2.24, 2.45) is 5.73 Å². The molecule has 0 fully saturated rings. The third-order valence-electron chi connectivity index (χ3n) is 2.55. The van der Waals surface area contributed by atoms with Gasteiger partial charge in [0.25, 0.3) is 0 Å². The fourth-order valence-corrected chi connectivity index (χ4v) is 1.73. The zero-order valence-corrected chi connectivity index (χ0v) is 10.5. The number of benzene rings is 1. The van der Waals surface area contributed by atoms with E-state index in [4.69, 9.17) is 5.73 Å². The van der Waals surface area contributed by atoms with Gasteiger partial charge in [0.1, 0.15) is 12.1 Å². The summed E-state index contributed by atoms with van der Waals surface area (Å²) >= 11 is 3.27. The predicted octanol–water partition coefficient (Wildman–Crippen LogP) is 1.79. The second kappa shape index (κ2) is 5.41. The Morgan fingerprint density at radius 3 is 2.44 bits per heavy atom. The Bertz CT molecular complexity index is 363. The van der Waals surface area contributed by atoms with Gasteiger partial charge >= 0.3 is 5.97 Å². The van der Waals surface area contributed by atoms with Gasteiger partial charge in [0.05, 0.1) is 7.11 Å². The number of hydrogen-bond donors (Lipinski definition) is 1. The van der Waals surface area contributed by atoms with Gasteiger partial charge in [-0.15, -0.1) is 0 Å². The number of carbonyl (C=O) groups is 1. The number of ether oxygens (including phenoxy) is 1. The minimum absolute atomic E-state index is 0.127. The summed E-state index contributed by atoms with van der Waals surface area (Å²) < 4.78 is 18.6. The van der Waals surface area contributed by atoms with Gasteiger partial charge in [0, 0.05) is 11.0 Å². The number of nitrogens with two attached hydrogens (primary N) is 1. The Hall–Kier alpha value is -0.940. The highest BCUT2D eigenvalue weighted by molar-refractivity contribution is 9.10. The zero-order chi connectivity index (χ0) is 12.2. The van der Waals surface area contributed by atoms with E-state index in [-0.39, 0.29) is 6.54 Å². The molecule has 0 saturated carbocycles. The summed E-state index contributed by atoms with van der Waals surface area (Å²) in [6, 6.07) is 6.79. The molecule has 2 N–H and O–H groups in total. The summed E-state index contributed by atoms with van der Waals surface area (Å²) in [6.45, 7) is -1.00. The molecule has 0 aromatic heterocycles. The number of halogens is 2. The van der Waals surface area contributed by atoms with Crippen LogP contribution in [-0.2, 0) is 14.9 Å². The Morgan fingerprint density at radius 2 is 2.06 bits per heavy atom. The molecular formula is C11H13BrFNO2. The summed E-state index contributed by atoms with van der Waals surface area (Å²) in [4.78, 5) is 11.6. The highest BCUT2D eigenvalue weighted by Gasteiger charge is 2.40. The van der Waals surface area contributed by atoms with Gasteiger partial charge in [0.2, 0.25) is 0 Å². The van der Waals surface area contributed by atoms with E-state index in [1.165, 1.54) is 7.11 Å². The molecule has 0 saturated heterocycles. The average Bonchev–Trinajstić information content (AvgIpc) is 2.33. The number of methoxy groups -OCH3 is 1. The molecule has 0 aliphatic rings. The lowest BCUT2D eigenvalue weighted by Gasteiger charge is -2.26. The SMILES string of the molecule is COC(=O)C(CN)(CF)c1ccc(Br)cc1. The number of rotatable bonds is 4. The molecule has 0 radical (unpaired) electrons. The lowest BCUT2D eigenvalue weighted by molar-refractivity contribution is -0.147. The van der Waals surface area contributed by atoms with Gasteiger partial charge < -0.3 is 10.5 Å². The molecule has 5 heteroatoms. The fraction of sp³-hybridized carbons (Fsp3) is 0.364. The van der Waals surface area contributed by atoms with Crippen LogP contribution in [0.3, 0.4) is 0 Å². The van der Waals surface area contributed by atoms with Crippen LogP contribution in [0.15, 0.2) is 28.7 Å². The molecule has 1 aromatic rings. The van der Waals surface area contributed by atoms with Crippen molar-refractivity contribution >= 4 is 21.9 Å². The topological polar surface area (TPSA) is 52.3 Å². The summed E-state index contributed by atoms with van der Waals surface area (Å²) in [6.07, 6.45) is 0. The van der Waals surface area contributed by atoms with Crippen molar-refractivity contribution in [3.63, 3.8) is 0 Å². The van der Waals surface area contributed by atoms with E-state index < -0.39 is 18.1 Å². The standard InChI is InChI=1S/C11H13BrFNO2/c1-16-10(15)11(6-13,7-14)8-2-4-9(12)5-3-8/h2-5H,6-7,14H2,1H3. The molecule has 1 unspecified atom stereocenters. The van der Waals surface area contributed by atoms with Crippen LogP contribution in [0, 0.1) is 0 Å². The molecular weight excluding hydrogens is 277 g/mol. The van der Waals surface area contributed by atoms with Gasteiger partial charge in [-0.05, 0) is 17.7 Å². The average molecular weight is 290 g/mol. The third kappa shape index (κ3) is 2.25. The van der Waals surface area contributed by atoms with Crippen molar-refractivity contribution in [2.75, 3.05) is 20.3 Å². The maximum atomic E-state index is 13.1. The molecule has 0 aliphatic carbocycles. The van der Waals surface area contributed by atoms with Gasteiger partial charge in [-0.2, -0.15) is 0 Å². The van der Waals surface area contributed by atoms with Gasteiger partial charge in [0.15, 0.2) is 0 Å². The molecule has 0 spiro atoms. The van der Waals surface area contributed by atoms with Crippen LogP contribution in [0.2, 0.25) is 0 Å². The summed E-state index contributed by atoms with van der Waals surface area (Å²) in [5.74, 6) is -0.653. The Kier molecular flexibility index (Phi) is 4.44. The highest BCUT2D eigenvalue weighted by atomic mass is 79.9. The van der Waals surface area contributed by atoms with Crippen LogP contribution in [0.5, 0.6) is 0 Å². The Morgan fingerprint density at radius 1 is 1.50 bits per heavy atom. The third-order valence-corrected chi connectivity index (χ3v) is 3.08. The first kappa shape index (κ1) is 13.1. The maximum Gasteiger partial charge on any atom is 0.320 e. The molecule has 1 atom stereocenters. The van der Waals surface area contributed by atoms with E-state index in [0.29, 0.717) is 5.56 Å². The fourth-order valence-electron chi connectivity index (χ4n) is 1.47. The lowest BCUT2D eigenvalue weighted by Crippen LogP contribution is -2.45.